The van der Waals surface area contributed by atoms with E-state index in [9.17, 15) is 0 Å². The third-order valence-corrected chi connectivity index (χ3v) is 2.12. The molecule has 0 aromatic heterocycles. The lowest BCUT2D eigenvalue weighted by atomic mass is 10.3. The van der Waals surface area contributed by atoms with Gasteiger partial charge in [-0.2, -0.15) is 0 Å². The second-order valence-electron chi connectivity index (χ2n) is 2.85. The summed E-state index contributed by atoms with van der Waals surface area (Å²) in [5, 5.41) is 0. The summed E-state index contributed by atoms with van der Waals surface area (Å²) in [4.78, 5) is 2.32. The Morgan fingerprint density at radius 3 is 2.73 bits per heavy atom. The zero-order valence-electron chi connectivity index (χ0n) is 6.53. The lowest BCUT2D eigenvalue weighted by Gasteiger charge is -2.31. The van der Waals surface area contributed by atoms with Crippen LogP contribution in [0.3, 0.4) is 0 Å². The molecule has 0 radical (unpaired) electrons. The molecule has 1 fully saturated rings. The molecule has 1 saturated heterocycles. The Labute approximate surface area is 66.6 Å². The third-order valence-electron chi connectivity index (χ3n) is 2.12. The quantitative estimate of drug-likeness (QED) is 0.553. The molecule has 2 aliphatic rings. The third kappa shape index (κ3) is 1.54. The van der Waals surface area contributed by atoms with Crippen LogP contribution in [-0.4, -0.2) is 37.4 Å². The van der Waals surface area contributed by atoms with Gasteiger partial charge in [0, 0.05) is 19.5 Å². The maximum absolute atomic E-state index is 5.38. The second-order valence-corrected chi connectivity index (χ2v) is 2.85. The van der Waals surface area contributed by atoms with Crippen molar-refractivity contribution in [2.45, 2.75) is 12.6 Å². The predicted octanol–water partition coefficient (Wildman–Crippen LogP) is 0.579. The summed E-state index contributed by atoms with van der Waals surface area (Å²) < 4.78 is 10.6. The molecule has 0 aromatic rings. The topological polar surface area (TPSA) is 21.7 Å². The van der Waals surface area contributed by atoms with Crippen LogP contribution in [0.15, 0.2) is 12.3 Å². The van der Waals surface area contributed by atoms with Crippen LogP contribution in [0.5, 0.6) is 0 Å². The molecule has 0 bridgehead atoms. The van der Waals surface area contributed by atoms with E-state index in [1.54, 1.807) is 6.26 Å². The minimum Gasteiger partial charge on any atom is -0.483 e. The van der Waals surface area contributed by atoms with Crippen molar-refractivity contribution < 1.29 is 9.47 Å². The zero-order valence-corrected chi connectivity index (χ0v) is 6.53. The summed E-state index contributed by atoms with van der Waals surface area (Å²) in [6, 6.07) is 0. The van der Waals surface area contributed by atoms with Gasteiger partial charge in [-0.05, 0) is 6.08 Å². The first-order valence-corrected chi connectivity index (χ1v) is 4.09. The first-order chi connectivity index (χ1) is 5.47. The number of nitrogens with zero attached hydrogens (tertiary/aromatic N) is 1. The Hall–Kier alpha value is -0.540. The van der Waals surface area contributed by atoms with Crippen molar-refractivity contribution in [2.24, 2.45) is 0 Å². The van der Waals surface area contributed by atoms with E-state index in [1.165, 1.54) is 0 Å². The molecule has 3 heteroatoms. The average molecular weight is 155 g/mol. The number of hydrogen-bond donors (Lipinski definition) is 0. The maximum Gasteiger partial charge on any atom is 0.155 e. The fraction of sp³-hybridized carbons (Fsp3) is 0.750. The molecule has 0 aromatic carbocycles. The van der Waals surface area contributed by atoms with Crippen LogP contribution in [-0.2, 0) is 9.47 Å². The molecule has 0 saturated carbocycles. The van der Waals surface area contributed by atoms with Crippen molar-refractivity contribution in [2.75, 3.05) is 26.3 Å². The summed E-state index contributed by atoms with van der Waals surface area (Å²) in [7, 11) is 0. The van der Waals surface area contributed by atoms with Crippen molar-refractivity contribution >= 4 is 0 Å². The van der Waals surface area contributed by atoms with E-state index in [0.717, 1.165) is 32.7 Å². The fourth-order valence-corrected chi connectivity index (χ4v) is 1.47. The fourth-order valence-electron chi connectivity index (χ4n) is 1.47. The summed E-state index contributed by atoms with van der Waals surface area (Å²) in [6.07, 6.45) is 5.18. The molecule has 0 N–H and O–H groups in total. The predicted molar refractivity (Wildman–Crippen MR) is 41.0 cm³/mol. The molecule has 1 unspecified atom stereocenters. The SMILES string of the molecule is C1=COC(N2CCOCC2)C1. The molecule has 1 atom stereocenters. The number of morpholine rings is 1. The largest absolute Gasteiger partial charge is 0.483 e. The molecule has 2 aliphatic heterocycles. The van der Waals surface area contributed by atoms with E-state index < -0.39 is 0 Å². The molecular formula is C8H13NO2. The Kier molecular flexibility index (Phi) is 2.10. The van der Waals surface area contributed by atoms with Crippen molar-refractivity contribution in [3.05, 3.63) is 12.3 Å². The molecule has 0 spiro atoms. The van der Waals surface area contributed by atoms with Crippen molar-refractivity contribution in [1.82, 2.24) is 4.90 Å². The molecule has 3 nitrogen and oxygen atoms in total. The van der Waals surface area contributed by atoms with E-state index >= 15 is 0 Å². The Balaban J connectivity index is 1.83. The van der Waals surface area contributed by atoms with E-state index in [0.29, 0.717) is 6.23 Å². The summed E-state index contributed by atoms with van der Waals surface area (Å²) in [5.41, 5.74) is 0. The average Bonchev–Trinajstić information content (AvgIpc) is 2.58. The standard InChI is InChI=1S/C8H13NO2/c1-2-8(11-5-1)9-3-6-10-7-4-9/h1,5,8H,2-4,6-7H2. The number of ether oxygens (including phenoxy) is 2. The molecular weight excluding hydrogens is 142 g/mol. The van der Waals surface area contributed by atoms with Gasteiger partial charge in [0.2, 0.25) is 0 Å². The first-order valence-electron chi connectivity index (χ1n) is 4.09. The minimum absolute atomic E-state index is 0.291. The molecule has 0 amide bonds. The van der Waals surface area contributed by atoms with Crippen LogP contribution < -0.4 is 0 Å². The minimum atomic E-state index is 0.291. The molecule has 0 aliphatic carbocycles. The van der Waals surface area contributed by atoms with Crippen LogP contribution in [0.2, 0.25) is 0 Å². The van der Waals surface area contributed by atoms with Gasteiger partial charge < -0.3 is 9.47 Å². The smallest absolute Gasteiger partial charge is 0.155 e. The van der Waals surface area contributed by atoms with Crippen molar-refractivity contribution in [3.63, 3.8) is 0 Å². The van der Waals surface area contributed by atoms with Gasteiger partial charge in [-0.3, -0.25) is 4.90 Å². The van der Waals surface area contributed by atoms with E-state index in [-0.39, 0.29) is 0 Å². The van der Waals surface area contributed by atoms with Crippen molar-refractivity contribution in [1.29, 1.82) is 0 Å². The van der Waals surface area contributed by atoms with Crippen LogP contribution in [0.4, 0.5) is 0 Å². The van der Waals surface area contributed by atoms with E-state index in [4.69, 9.17) is 9.47 Å². The normalized spacial score (nSPS) is 32.2. The highest BCUT2D eigenvalue weighted by Crippen LogP contribution is 2.14. The summed E-state index contributed by atoms with van der Waals surface area (Å²) in [5.74, 6) is 0. The Morgan fingerprint density at radius 1 is 1.27 bits per heavy atom. The lowest BCUT2D eigenvalue weighted by molar-refractivity contribution is -0.0539. The highest BCUT2D eigenvalue weighted by Gasteiger charge is 2.22. The maximum atomic E-state index is 5.38. The zero-order chi connectivity index (χ0) is 7.52. The first kappa shape index (κ1) is 7.13. The Morgan fingerprint density at radius 2 is 2.09 bits per heavy atom. The summed E-state index contributed by atoms with van der Waals surface area (Å²) in [6.45, 7) is 3.71. The molecule has 2 heterocycles. The van der Waals surface area contributed by atoms with Gasteiger partial charge >= 0.3 is 0 Å². The number of hydrogen-bond acceptors (Lipinski definition) is 3. The van der Waals surface area contributed by atoms with Crippen LogP contribution in [0, 0.1) is 0 Å². The summed E-state index contributed by atoms with van der Waals surface area (Å²) >= 11 is 0. The van der Waals surface area contributed by atoms with Gasteiger partial charge in [0.25, 0.3) is 0 Å². The lowest BCUT2D eigenvalue weighted by Crippen LogP contribution is -2.43. The Bertz CT molecular complexity index is 144. The van der Waals surface area contributed by atoms with Crippen molar-refractivity contribution in [3.8, 4) is 0 Å². The van der Waals surface area contributed by atoms with Gasteiger partial charge in [0.05, 0.1) is 19.5 Å². The van der Waals surface area contributed by atoms with Gasteiger partial charge in [-0.1, -0.05) is 0 Å². The highest BCUT2D eigenvalue weighted by atomic mass is 16.5. The second kappa shape index (κ2) is 3.24. The van der Waals surface area contributed by atoms with Gasteiger partial charge in [-0.15, -0.1) is 0 Å². The van der Waals surface area contributed by atoms with Crippen LogP contribution >= 0.6 is 0 Å². The van der Waals surface area contributed by atoms with Crippen LogP contribution in [0.1, 0.15) is 6.42 Å². The molecule has 62 valence electrons. The van der Waals surface area contributed by atoms with Gasteiger partial charge in [-0.25, -0.2) is 0 Å². The van der Waals surface area contributed by atoms with Crippen LogP contribution in [0.25, 0.3) is 0 Å². The molecule has 2 rings (SSSR count). The van der Waals surface area contributed by atoms with E-state index in [2.05, 4.69) is 11.0 Å². The molecule has 11 heavy (non-hydrogen) atoms. The van der Waals surface area contributed by atoms with Gasteiger partial charge in [0.15, 0.2) is 6.23 Å². The van der Waals surface area contributed by atoms with Gasteiger partial charge in [0.1, 0.15) is 0 Å². The monoisotopic (exact) mass is 155 g/mol. The number of rotatable bonds is 1. The van der Waals surface area contributed by atoms with E-state index in [1.807, 2.05) is 0 Å². The highest BCUT2D eigenvalue weighted by molar-refractivity contribution is 4.87.